The smallest absolute Gasteiger partial charge is 0.250 e. The quantitative estimate of drug-likeness (QED) is 0.741. The maximum absolute atomic E-state index is 11.6. The second kappa shape index (κ2) is 6.47. The second-order valence-electron chi connectivity index (χ2n) is 4.50. The number of anilines is 3. The molecule has 0 unspecified atom stereocenters. The van der Waals surface area contributed by atoms with Gasteiger partial charge < -0.3 is 21.5 Å². The predicted molar refractivity (Wildman–Crippen MR) is 84.8 cm³/mol. The predicted octanol–water partition coefficient (Wildman–Crippen LogP) is 2.91. The van der Waals surface area contributed by atoms with Gasteiger partial charge in [0.25, 0.3) is 5.91 Å². The standard InChI is InChI=1S/C15H16ClN3O2/c1-21-8-9-4-2-3-5-13(9)19-14-11(15(18)20)6-10(17)7-12(14)16/h2-7,19H,8,17H2,1H3,(H2,18,20). The van der Waals surface area contributed by atoms with E-state index in [2.05, 4.69) is 5.32 Å². The summed E-state index contributed by atoms with van der Waals surface area (Å²) in [5.41, 5.74) is 13.9. The third-order valence-corrected chi connectivity index (χ3v) is 3.25. The molecule has 0 radical (unpaired) electrons. The van der Waals surface area contributed by atoms with Crippen LogP contribution in [0, 0.1) is 0 Å². The van der Waals surface area contributed by atoms with Gasteiger partial charge in [-0.05, 0) is 18.2 Å². The van der Waals surface area contributed by atoms with Gasteiger partial charge in [0.05, 0.1) is 22.9 Å². The Hall–Kier alpha value is -2.24. The van der Waals surface area contributed by atoms with Gasteiger partial charge in [0.15, 0.2) is 0 Å². The summed E-state index contributed by atoms with van der Waals surface area (Å²) in [6.07, 6.45) is 0. The van der Waals surface area contributed by atoms with Crippen molar-refractivity contribution < 1.29 is 9.53 Å². The summed E-state index contributed by atoms with van der Waals surface area (Å²) in [4.78, 5) is 11.6. The Labute approximate surface area is 127 Å². The molecule has 5 N–H and O–H groups in total. The number of rotatable bonds is 5. The summed E-state index contributed by atoms with van der Waals surface area (Å²) in [5.74, 6) is -0.601. The molecule has 0 aliphatic rings. The lowest BCUT2D eigenvalue weighted by atomic mass is 10.1. The minimum Gasteiger partial charge on any atom is -0.399 e. The summed E-state index contributed by atoms with van der Waals surface area (Å²) in [5, 5.41) is 3.46. The van der Waals surface area contributed by atoms with Crippen LogP contribution in [0.5, 0.6) is 0 Å². The first-order valence-electron chi connectivity index (χ1n) is 6.25. The first-order valence-corrected chi connectivity index (χ1v) is 6.63. The van der Waals surface area contributed by atoms with Gasteiger partial charge in [-0.1, -0.05) is 29.8 Å². The highest BCUT2D eigenvalue weighted by atomic mass is 35.5. The number of benzene rings is 2. The molecule has 0 aliphatic heterocycles. The fourth-order valence-corrected chi connectivity index (χ4v) is 2.28. The first-order chi connectivity index (χ1) is 10.0. The molecule has 6 heteroatoms. The lowest BCUT2D eigenvalue weighted by Crippen LogP contribution is -2.14. The molecule has 0 bridgehead atoms. The maximum atomic E-state index is 11.6. The van der Waals surface area contributed by atoms with Gasteiger partial charge in [-0.25, -0.2) is 0 Å². The van der Waals surface area contributed by atoms with E-state index in [-0.39, 0.29) is 5.56 Å². The number of hydrogen-bond donors (Lipinski definition) is 3. The van der Waals surface area contributed by atoms with Crippen LogP contribution in [0.1, 0.15) is 15.9 Å². The number of primary amides is 1. The molecule has 2 aromatic carbocycles. The molecule has 110 valence electrons. The third-order valence-electron chi connectivity index (χ3n) is 2.95. The van der Waals surface area contributed by atoms with Crippen molar-refractivity contribution in [3.63, 3.8) is 0 Å². The number of para-hydroxylation sites is 1. The molecule has 0 atom stereocenters. The summed E-state index contributed by atoms with van der Waals surface area (Å²) in [6.45, 7) is 0.432. The SMILES string of the molecule is COCc1ccccc1Nc1c(Cl)cc(N)cc1C(N)=O. The monoisotopic (exact) mass is 305 g/mol. The zero-order chi connectivity index (χ0) is 15.4. The Morgan fingerprint density at radius 1 is 1.33 bits per heavy atom. The van der Waals surface area contributed by atoms with E-state index < -0.39 is 5.91 Å². The number of carbonyl (C=O) groups excluding carboxylic acids is 1. The molecule has 0 heterocycles. The van der Waals surface area contributed by atoms with Crippen LogP contribution >= 0.6 is 11.6 Å². The average molecular weight is 306 g/mol. The van der Waals surface area contributed by atoms with E-state index in [0.717, 1.165) is 11.3 Å². The fraction of sp³-hybridized carbons (Fsp3) is 0.133. The van der Waals surface area contributed by atoms with Crippen LogP contribution in [0.4, 0.5) is 17.1 Å². The van der Waals surface area contributed by atoms with Crippen molar-refractivity contribution >= 4 is 34.6 Å². The maximum Gasteiger partial charge on any atom is 0.250 e. The van der Waals surface area contributed by atoms with Crippen molar-refractivity contribution in [1.82, 2.24) is 0 Å². The molecule has 0 spiro atoms. The lowest BCUT2D eigenvalue weighted by molar-refractivity contribution is 0.100. The van der Waals surface area contributed by atoms with E-state index in [4.69, 9.17) is 27.8 Å². The van der Waals surface area contributed by atoms with E-state index in [1.807, 2.05) is 24.3 Å². The van der Waals surface area contributed by atoms with Gasteiger partial charge in [-0.2, -0.15) is 0 Å². The molecular weight excluding hydrogens is 290 g/mol. The van der Waals surface area contributed by atoms with Gasteiger partial charge in [0, 0.05) is 24.0 Å². The van der Waals surface area contributed by atoms with Crippen LogP contribution < -0.4 is 16.8 Å². The van der Waals surface area contributed by atoms with Crippen LogP contribution in [-0.4, -0.2) is 13.0 Å². The first kappa shape index (κ1) is 15.2. The number of nitrogen functional groups attached to an aromatic ring is 1. The highest BCUT2D eigenvalue weighted by molar-refractivity contribution is 6.34. The summed E-state index contributed by atoms with van der Waals surface area (Å²) in [7, 11) is 1.61. The van der Waals surface area contributed by atoms with Crippen molar-refractivity contribution in [2.75, 3.05) is 18.2 Å². The average Bonchev–Trinajstić information content (AvgIpc) is 2.43. The molecule has 0 saturated carbocycles. The van der Waals surface area contributed by atoms with Crippen LogP contribution in [0.25, 0.3) is 0 Å². The van der Waals surface area contributed by atoms with Crippen molar-refractivity contribution in [1.29, 1.82) is 0 Å². The Morgan fingerprint density at radius 3 is 2.71 bits per heavy atom. The third kappa shape index (κ3) is 3.45. The van der Waals surface area contributed by atoms with Crippen LogP contribution in [-0.2, 0) is 11.3 Å². The minimum absolute atomic E-state index is 0.243. The highest BCUT2D eigenvalue weighted by Gasteiger charge is 2.14. The summed E-state index contributed by atoms with van der Waals surface area (Å²) in [6, 6.07) is 10.6. The van der Waals surface area contributed by atoms with Crippen LogP contribution in [0.3, 0.4) is 0 Å². The van der Waals surface area contributed by atoms with Crippen molar-refractivity contribution in [2.24, 2.45) is 5.73 Å². The molecule has 2 aromatic rings. The van der Waals surface area contributed by atoms with Gasteiger partial charge in [-0.15, -0.1) is 0 Å². The number of methoxy groups -OCH3 is 1. The van der Waals surface area contributed by atoms with Crippen molar-refractivity contribution in [3.8, 4) is 0 Å². The summed E-state index contributed by atoms with van der Waals surface area (Å²) >= 11 is 6.18. The normalized spacial score (nSPS) is 10.4. The molecule has 0 saturated heterocycles. The van der Waals surface area contributed by atoms with Crippen LogP contribution in [0.15, 0.2) is 36.4 Å². The Bertz CT molecular complexity index is 674. The number of nitrogens with one attached hydrogen (secondary N) is 1. The molecular formula is C15H16ClN3O2. The van der Waals surface area contributed by atoms with Gasteiger partial charge in [0.2, 0.25) is 0 Å². The molecule has 2 rings (SSSR count). The second-order valence-corrected chi connectivity index (χ2v) is 4.91. The molecule has 5 nitrogen and oxygen atoms in total. The van der Waals surface area contributed by atoms with E-state index in [9.17, 15) is 4.79 Å². The Balaban J connectivity index is 2.47. The number of carbonyl (C=O) groups is 1. The molecule has 0 fully saturated rings. The molecule has 0 aromatic heterocycles. The van der Waals surface area contributed by atoms with E-state index in [1.165, 1.54) is 6.07 Å². The number of ether oxygens (including phenoxy) is 1. The van der Waals surface area contributed by atoms with Gasteiger partial charge in [0.1, 0.15) is 0 Å². The number of amides is 1. The molecule has 21 heavy (non-hydrogen) atoms. The topological polar surface area (TPSA) is 90.4 Å². The lowest BCUT2D eigenvalue weighted by Gasteiger charge is -2.15. The number of nitrogens with two attached hydrogens (primary N) is 2. The zero-order valence-corrected chi connectivity index (χ0v) is 12.3. The largest absolute Gasteiger partial charge is 0.399 e. The number of hydrogen-bond acceptors (Lipinski definition) is 4. The Kier molecular flexibility index (Phi) is 4.67. The van der Waals surface area contributed by atoms with E-state index in [1.54, 1.807) is 13.2 Å². The van der Waals surface area contributed by atoms with Gasteiger partial charge in [-0.3, -0.25) is 4.79 Å². The fourth-order valence-electron chi connectivity index (χ4n) is 2.01. The van der Waals surface area contributed by atoms with Gasteiger partial charge >= 0.3 is 0 Å². The van der Waals surface area contributed by atoms with Crippen molar-refractivity contribution in [2.45, 2.75) is 6.61 Å². The van der Waals surface area contributed by atoms with Crippen molar-refractivity contribution in [3.05, 3.63) is 52.5 Å². The van der Waals surface area contributed by atoms with E-state index >= 15 is 0 Å². The molecule has 0 aliphatic carbocycles. The zero-order valence-electron chi connectivity index (χ0n) is 11.5. The highest BCUT2D eigenvalue weighted by Crippen LogP contribution is 2.32. The Morgan fingerprint density at radius 2 is 2.05 bits per heavy atom. The molecule has 1 amide bonds. The minimum atomic E-state index is -0.601. The van der Waals surface area contributed by atoms with E-state index in [0.29, 0.717) is 23.0 Å². The van der Waals surface area contributed by atoms with Crippen LogP contribution in [0.2, 0.25) is 5.02 Å². The summed E-state index contributed by atoms with van der Waals surface area (Å²) < 4.78 is 5.15. The number of halogens is 1.